The van der Waals surface area contributed by atoms with Gasteiger partial charge in [0.25, 0.3) is 0 Å². The maximum atomic E-state index is 11.7. The van der Waals surface area contributed by atoms with Crippen molar-refractivity contribution in [1.82, 2.24) is 5.32 Å². The molecule has 0 saturated carbocycles. The van der Waals surface area contributed by atoms with Crippen molar-refractivity contribution >= 4 is 9.84 Å². The first-order valence-corrected chi connectivity index (χ1v) is 9.64. The molecule has 0 bridgehead atoms. The Morgan fingerprint density at radius 3 is 2.52 bits per heavy atom. The van der Waals surface area contributed by atoms with Crippen LogP contribution in [-0.4, -0.2) is 32.5 Å². The summed E-state index contributed by atoms with van der Waals surface area (Å²) in [5.41, 5.74) is 2.55. The average Bonchev–Trinajstić information content (AvgIpc) is 2.42. The summed E-state index contributed by atoms with van der Waals surface area (Å²) >= 11 is 0. The minimum atomic E-state index is -2.88. The van der Waals surface area contributed by atoms with Crippen molar-refractivity contribution in [3.63, 3.8) is 0 Å². The highest BCUT2D eigenvalue weighted by atomic mass is 32.2. The van der Waals surface area contributed by atoms with Crippen LogP contribution in [0, 0.1) is 12.8 Å². The summed E-state index contributed by atoms with van der Waals surface area (Å²) in [7, 11) is -2.88. The van der Waals surface area contributed by atoms with Crippen molar-refractivity contribution < 1.29 is 8.42 Å². The smallest absolute Gasteiger partial charge is 0.150 e. The van der Waals surface area contributed by atoms with Gasteiger partial charge in [0.2, 0.25) is 0 Å². The maximum absolute atomic E-state index is 11.7. The molecule has 1 rings (SSSR count). The van der Waals surface area contributed by atoms with Crippen molar-refractivity contribution in [3.8, 4) is 0 Å². The van der Waals surface area contributed by atoms with Crippen molar-refractivity contribution in [3.05, 3.63) is 35.4 Å². The molecule has 120 valence electrons. The molecule has 4 heteroatoms. The molecule has 1 unspecified atom stereocenters. The van der Waals surface area contributed by atoms with Crippen LogP contribution >= 0.6 is 0 Å². The Balaban J connectivity index is 2.67. The van der Waals surface area contributed by atoms with Gasteiger partial charge in [0.1, 0.15) is 9.84 Å². The lowest BCUT2D eigenvalue weighted by Crippen LogP contribution is -2.31. The zero-order chi connectivity index (χ0) is 15.9. The molecule has 1 aromatic rings. The number of aryl methyl sites for hydroxylation is 1. The molecule has 0 heterocycles. The number of rotatable bonds is 9. The molecule has 0 aromatic heterocycles. The Kier molecular flexibility index (Phi) is 7.40. The molecule has 0 fully saturated rings. The van der Waals surface area contributed by atoms with E-state index in [-0.39, 0.29) is 5.75 Å². The van der Waals surface area contributed by atoms with Gasteiger partial charge in [0.05, 0.1) is 5.75 Å². The highest BCUT2D eigenvalue weighted by Crippen LogP contribution is 2.15. The van der Waals surface area contributed by atoms with Gasteiger partial charge in [-0.1, -0.05) is 50.6 Å². The third-order valence-electron chi connectivity index (χ3n) is 3.70. The molecule has 0 aliphatic heterocycles. The first kappa shape index (κ1) is 18.2. The van der Waals surface area contributed by atoms with Crippen LogP contribution in [0.3, 0.4) is 0 Å². The van der Waals surface area contributed by atoms with E-state index in [9.17, 15) is 8.42 Å². The van der Waals surface area contributed by atoms with E-state index in [1.54, 1.807) is 6.92 Å². The minimum absolute atomic E-state index is 0.238. The molecule has 1 atom stereocenters. The van der Waals surface area contributed by atoms with Crippen LogP contribution in [0.4, 0.5) is 0 Å². The van der Waals surface area contributed by atoms with E-state index in [1.807, 2.05) is 0 Å². The second-order valence-corrected chi connectivity index (χ2v) is 8.62. The standard InChI is InChI=1S/C17H29NO2S/c1-5-21(19,20)10-9-17(13-18-14(2)3)12-16-8-6-7-15(4)11-16/h6-8,11,14,17-18H,5,9-10,12-13H2,1-4H3. The predicted octanol–water partition coefficient (Wildman–Crippen LogP) is 2.98. The van der Waals surface area contributed by atoms with Crippen LogP contribution in [0.1, 0.15) is 38.3 Å². The van der Waals surface area contributed by atoms with Gasteiger partial charge < -0.3 is 5.32 Å². The Bertz CT molecular complexity index is 523. The molecule has 0 amide bonds. The fourth-order valence-electron chi connectivity index (χ4n) is 2.34. The molecule has 0 radical (unpaired) electrons. The summed E-state index contributed by atoms with van der Waals surface area (Å²) in [5.74, 6) is 0.886. The number of sulfone groups is 1. The fraction of sp³-hybridized carbons (Fsp3) is 0.647. The molecule has 1 aromatic carbocycles. The molecule has 1 N–H and O–H groups in total. The Morgan fingerprint density at radius 1 is 1.24 bits per heavy atom. The number of benzene rings is 1. The Morgan fingerprint density at radius 2 is 1.95 bits per heavy atom. The van der Waals surface area contributed by atoms with Crippen LogP contribution < -0.4 is 5.32 Å². The molecule has 0 spiro atoms. The SMILES string of the molecule is CCS(=O)(=O)CCC(CNC(C)C)Cc1cccc(C)c1. The van der Waals surface area contributed by atoms with E-state index >= 15 is 0 Å². The third-order valence-corrected chi connectivity index (χ3v) is 5.44. The number of nitrogens with one attached hydrogen (secondary N) is 1. The summed E-state index contributed by atoms with van der Waals surface area (Å²) in [6.45, 7) is 8.91. The van der Waals surface area contributed by atoms with Crippen molar-refractivity contribution in [2.45, 2.75) is 46.6 Å². The summed E-state index contributed by atoms with van der Waals surface area (Å²) in [6.07, 6.45) is 1.66. The zero-order valence-corrected chi connectivity index (χ0v) is 14.5. The van der Waals surface area contributed by atoms with Crippen molar-refractivity contribution in [2.24, 2.45) is 5.92 Å². The predicted molar refractivity (Wildman–Crippen MR) is 90.5 cm³/mol. The van der Waals surface area contributed by atoms with Gasteiger partial charge in [-0.25, -0.2) is 8.42 Å². The molecule has 3 nitrogen and oxygen atoms in total. The van der Waals surface area contributed by atoms with E-state index in [0.29, 0.717) is 17.7 Å². The molecule has 0 aliphatic rings. The third kappa shape index (κ3) is 7.63. The van der Waals surface area contributed by atoms with Crippen molar-refractivity contribution in [2.75, 3.05) is 18.1 Å². The molecule has 0 saturated heterocycles. The first-order valence-electron chi connectivity index (χ1n) is 7.81. The number of hydrogen-bond acceptors (Lipinski definition) is 3. The summed E-state index contributed by atoms with van der Waals surface area (Å²) < 4.78 is 23.5. The van der Waals surface area contributed by atoms with E-state index < -0.39 is 9.84 Å². The summed E-state index contributed by atoms with van der Waals surface area (Å²) in [4.78, 5) is 0. The quantitative estimate of drug-likeness (QED) is 0.762. The van der Waals surface area contributed by atoms with Crippen LogP contribution in [0.15, 0.2) is 24.3 Å². The lowest BCUT2D eigenvalue weighted by Gasteiger charge is -2.19. The van der Waals surface area contributed by atoms with E-state index in [4.69, 9.17) is 0 Å². The normalized spacial score (nSPS) is 13.6. The lowest BCUT2D eigenvalue weighted by atomic mass is 9.95. The van der Waals surface area contributed by atoms with Crippen LogP contribution in [-0.2, 0) is 16.3 Å². The second kappa shape index (κ2) is 8.54. The van der Waals surface area contributed by atoms with Gasteiger partial charge >= 0.3 is 0 Å². The lowest BCUT2D eigenvalue weighted by molar-refractivity contribution is 0.435. The highest BCUT2D eigenvalue weighted by Gasteiger charge is 2.15. The van der Waals surface area contributed by atoms with Gasteiger partial charge in [0, 0.05) is 11.8 Å². The van der Waals surface area contributed by atoms with Crippen LogP contribution in [0.5, 0.6) is 0 Å². The first-order chi connectivity index (χ1) is 9.82. The maximum Gasteiger partial charge on any atom is 0.150 e. The van der Waals surface area contributed by atoms with Gasteiger partial charge in [-0.2, -0.15) is 0 Å². The molecular weight excluding hydrogens is 282 g/mol. The summed E-state index contributed by atoms with van der Waals surface area (Å²) in [6, 6.07) is 8.90. The van der Waals surface area contributed by atoms with Gasteiger partial charge in [-0.15, -0.1) is 0 Å². The Hall–Kier alpha value is -0.870. The molecule has 0 aliphatic carbocycles. The van der Waals surface area contributed by atoms with Gasteiger partial charge in [-0.3, -0.25) is 0 Å². The minimum Gasteiger partial charge on any atom is -0.314 e. The van der Waals surface area contributed by atoms with Gasteiger partial charge in [0.15, 0.2) is 0 Å². The monoisotopic (exact) mass is 311 g/mol. The van der Waals surface area contributed by atoms with Crippen LogP contribution in [0.2, 0.25) is 0 Å². The van der Waals surface area contributed by atoms with Crippen molar-refractivity contribution in [1.29, 1.82) is 0 Å². The molecule has 21 heavy (non-hydrogen) atoms. The average molecular weight is 311 g/mol. The summed E-state index contributed by atoms with van der Waals surface area (Å²) in [5, 5.41) is 3.44. The zero-order valence-electron chi connectivity index (χ0n) is 13.7. The fourth-order valence-corrected chi connectivity index (χ4v) is 3.32. The van der Waals surface area contributed by atoms with Crippen LogP contribution in [0.25, 0.3) is 0 Å². The van der Waals surface area contributed by atoms with Gasteiger partial charge in [-0.05, 0) is 37.8 Å². The largest absolute Gasteiger partial charge is 0.314 e. The van der Waals surface area contributed by atoms with E-state index in [0.717, 1.165) is 19.4 Å². The highest BCUT2D eigenvalue weighted by molar-refractivity contribution is 7.91. The van der Waals surface area contributed by atoms with E-state index in [2.05, 4.69) is 50.4 Å². The van der Waals surface area contributed by atoms with E-state index in [1.165, 1.54) is 11.1 Å². The Labute approximate surface area is 130 Å². The number of hydrogen-bond donors (Lipinski definition) is 1. The topological polar surface area (TPSA) is 46.2 Å². The second-order valence-electron chi connectivity index (χ2n) is 6.15. The molecular formula is C17H29NO2S.